The molecule has 0 spiro atoms. The fourth-order valence-corrected chi connectivity index (χ4v) is 3.51. The van der Waals surface area contributed by atoms with E-state index in [1.807, 2.05) is 6.07 Å². The van der Waals surface area contributed by atoms with Crippen LogP contribution >= 0.6 is 0 Å². The summed E-state index contributed by atoms with van der Waals surface area (Å²) in [7, 11) is -4.34. The quantitative estimate of drug-likeness (QED) is 0.537. The Balaban J connectivity index is 1.63. The Morgan fingerprint density at radius 1 is 1.00 bits per heavy atom. The number of hydrogen-bond donors (Lipinski definition) is 2. The smallest absolute Gasteiger partial charge is 0.402 e. The van der Waals surface area contributed by atoms with E-state index in [0.29, 0.717) is 11.3 Å². The van der Waals surface area contributed by atoms with Crippen LogP contribution in [-0.4, -0.2) is 27.0 Å². The average Bonchev–Trinajstić information content (AvgIpc) is 3.20. The third-order valence-electron chi connectivity index (χ3n) is 3.98. The number of rotatable bonds is 8. The highest BCUT2D eigenvalue weighted by Gasteiger charge is 2.30. The first-order valence-electron chi connectivity index (χ1n) is 8.86. The Hall–Kier alpha value is -3.31. The van der Waals surface area contributed by atoms with E-state index in [1.54, 1.807) is 30.3 Å². The molecule has 0 saturated carbocycles. The van der Waals surface area contributed by atoms with Gasteiger partial charge < -0.3 is 14.5 Å². The maximum absolute atomic E-state index is 12.5. The van der Waals surface area contributed by atoms with Gasteiger partial charge in [-0.25, -0.2) is 13.1 Å². The van der Waals surface area contributed by atoms with E-state index in [2.05, 4.69) is 5.32 Å². The van der Waals surface area contributed by atoms with Crippen molar-refractivity contribution >= 4 is 21.6 Å². The van der Waals surface area contributed by atoms with Gasteiger partial charge in [0.1, 0.15) is 18.9 Å². The van der Waals surface area contributed by atoms with E-state index >= 15 is 0 Å². The van der Waals surface area contributed by atoms with Crippen molar-refractivity contribution in [3.8, 4) is 5.75 Å². The van der Waals surface area contributed by atoms with Crippen LogP contribution in [-0.2, 0) is 16.6 Å². The van der Waals surface area contributed by atoms with Gasteiger partial charge in [0.2, 0.25) is 10.0 Å². The van der Waals surface area contributed by atoms with Crippen LogP contribution in [0.15, 0.2) is 76.2 Å². The number of alkyl halides is 3. The molecule has 0 unspecified atom stereocenters. The molecule has 1 aromatic heterocycles. The van der Waals surface area contributed by atoms with E-state index in [0.717, 1.165) is 12.1 Å². The number of amides is 1. The van der Waals surface area contributed by atoms with Crippen LogP contribution in [0.4, 0.5) is 18.9 Å². The molecule has 0 aliphatic rings. The highest BCUT2D eigenvalue weighted by atomic mass is 32.2. The van der Waals surface area contributed by atoms with Crippen LogP contribution in [0.1, 0.15) is 16.1 Å². The molecule has 164 valence electrons. The number of carbonyl (C=O) groups excluding carboxylic acids is 1. The van der Waals surface area contributed by atoms with Gasteiger partial charge in [-0.2, -0.15) is 13.2 Å². The van der Waals surface area contributed by atoms with Crippen molar-refractivity contribution in [2.75, 3.05) is 11.9 Å². The molecule has 1 heterocycles. The zero-order valence-electron chi connectivity index (χ0n) is 15.8. The minimum atomic E-state index is -4.67. The first-order chi connectivity index (χ1) is 14.6. The second-order valence-electron chi connectivity index (χ2n) is 6.29. The molecular weight excluding hydrogens is 437 g/mol. The molecular formula is C20H17F3N2O5S. The number of ether oxygens (including phenoxy) is 1. The van der Waals surface area contributed by atoms with Crippen molar-refractivity contribution in [2.24, 2.45) is 0 Å². The topological polar surface area (TPSA) is 97.6 Å². The van der Waals surface area contributed by atoms with Crippen molar-refractivity contribution < 1.29 is 35.5 Å². The highest BCUT2D eigenvalue weighted by molar-refractivity contribution is 7.89. The second-order valence-corrected chi connectivity index (χ2v) is 8.06. The van der Waals surface area contributed by atoms with Gasteiger partial charge in [-0.05, 0) is 42.5 Å². The number of para-hydroxylation sites is 1. The molecule has 2 aromatic carbocycles. The molecule has 31 heavy (non-hydrogen) atoms. The lowest BCUT2D eigenvalue weighted by Gasteiger charge is -2.10. The molecule has 0 fully saturated rings. The van der Waals surface area contributed by atoms with Crippen molar-refractivity contribution in [3.63, 3.8) is 0 Å². The van der Waals surface area contributed by atoms with Crippen LogP contribution in [0.5, 0.6) is 5.75 Å². The van der Waals surface area contributed by atoms with Crippen LogP contribution in [0.3, 0.4) is 0 Å². The Bertz CT molecular complexity index is 1130. The van der Waals surface area contributed by atoms with Gasteiger partial charge in [-0.15, -0.1) is 0 Å². The van der Waals surface area contributed by atoms with E-state index in [4.69, 9.17) is 9.15 Å². The molecule has 0 aliphatic heterocycles. The maximum atomic E-state index is 12.5. The van der Waals surface area contributed by atoms with Crippen molar-refractivity contribution in [3.05, 3.63) is 78.3 Å². The molecule has 7 nitrogen and oxygen atoms in total. The van der Waals surface area contributed by atoms with Gasteiger partial charge in [0, 0.05) is 11.3 Å². The minimum absolute atomic E-state index is 0.0134. The number of benzene rings is 2. The lowest BCUT2D eigenvalue weighted by Crippen LogP contribution is -2.33. The number of hydrogen-bond acceptors (Lipinski definition) is 5. The fourth-order valence-electron chi connectivity index (χ4n) is 2.49. The standard InChI is InChI=1S/C20H17F3N2O5S/c21-20(22,23)13-24-31(27,28)17-8-6-15(7-9-17)25-19(26)18-14(10-11-29-18)12-30-16-4-2-1-3-5-16/h1-11,24H,12-13H2,(H,25,26). The molecule has 1 amide bonds. The van der Waals surface area contributed by atoms with E-state index in [9.17, 15) is 26.4 Å². The molecule has 0 atom stereocenters. The maximum Gasteiger partial charge on any atom is 0.402 e. The Morgan fingerprint density at radius 3 is 2.32 bits per heavy atom. The number of nitrogens with one attached hydrogen (secondary N) is 2. The second kappa shape index (κ2) is 9.23. The third-order valence-corrected chi connectivity index (χ3v) is 5.39. The van der Waals surface area contributed by atoms with Crippen molar-refractivity contribution in [1.82, 2.24) is 4.72 Å². The van der Waals surface area contributed by atoms with E-state index < -0.39 is 28.7 Å². The summed E-state index contributed by atoms with van der Waals surface area (Å²) >= 11 is 0. The number of halogens is 3. The summed E-state index contributed by atoms with van der Waals surface area (Å²) in [6.45, 7) is -1.59. The molecule has 3 rings (SSSR count). The summed E-state index contributed by atoms with van der Waals surface area (Å²) in [4.78, 5) is 12.1. The van der Waals surface area contributed by atoms with Gasteiger partial charge in [0.25, 0.3) is 5.91 Å². The number of anilines is 1. The predicted octanol–water partition coefficient (Wildman–Crippen LogP) is 3.95. The van der Waals surface area contributed by atoms with Gasteiger partial charge in [-0.3, -0.25) is 4.79 Å². The summed E-state index contributed by atoms with van der Waals surface area (Å²) < 4.78 is 72.8. The van der Waals surface area contributed by atoms with Gasteiger partial charge in [-0.1, -0.05) is 18.2 Å². The average molecular weight is 454 g/mol. The zero-order chi connectivity index (χ0) is 22.5. The minimum Gasteiger partial charge on any atom is -0.489 e. The first kappa shape index (κ1) is 22.4. The molecule has 0 saturated heterocycles. The highest BCUT2D eigenvalue weighted by Crippen LogP contribution is 2.20. The first-order valence-corrected chi connectivity index (χ1v) is 10.3. The van der Waals surface area contributed by atoms with Crippen LogP contribution in [0.2, 0.25) is 0 Å². The lowest BCUT2D eigenvalue weighted by atomic mass is 10.2. The van der Waals surface area contributed by atoms with Crippen LogP contribution in [0.25, 0.3) is 0 Å². The Morgan fingerprint density at radius 2 is 1.68 bits per heavy atom. The van der Waals surface area contributed by atoms with Crippen molar-refractivity contribution in [1.29, 1.82) is 0 Å². The van der Waals surface area contributed by atoms with Crippen LogP contribution < -0.4 is 14.8 Å². The summed E-state index contributed by atoms with van der Waals surface area (Å²) in [5, 5.41) is 2.53. The van der Waals surface area contributed by atoms with E-state index in [1.165, 1.54) is 23.1 Å². The summed E-state index contributed by atoms with van der Waals surface area (Å²) in [6, 6.07) is 15.2. The molecule has 0 aliphatic carbocycles. The van der Waals surface area contributed by atoms with Gasteiger partial charge in [0.05, 0.1) is 11.2 Å². The number of furan rings is 1. The van der Waals surface area contributed by atoms with Crippen LogP contribution in [0, 0.1) is 0 Å². The normalized spacial score (nSPS) is 11.8. The molecule has 2 N–H and O–H groups in total. The Labute approximate surface area is 175 Å². The molecule has 3 aromatic rings. The number of carbonyl (C=O) groups is 1. The zero-order valence-corrected chi connectivity index (χ0v) is 16.7. The molecule has 11 heteroatoms. The SMILES string of the molecule is O=C(Nc1ccc(S(=O)(=O)NCC(F)(F)F)cc1)c1occc1COc1ccccc1. The summed E-state index contributed by atoms with van der Waals surface area (Å²) in [5.74, 6) is 0.0351. The van der Waals surface area contributed by atoms with E-state index in [-0.39, 0.29) is 22.9 Å². The molecule has 0 radical (unpaired) electrons. The lowest BCUT2D eigenvalue weighted by molar-refractivity contribution is -0.121. The summed E-state index contributed by atoms with van der Waals surface area (Å²) in [5.41, 5.74) is 0.725. The number of sulfonamides is 1. The predicted molar refractivity (Wildman–Crippen MR) is 105 cm³/mol. The van der Waals surface area contributed by atoms with Crippen molar-refractivity contribution in [2.45, 2.75) is 17.7 Å². The Kier molecular flexibility index (Phi) is 6.66. The summed E-state index contributed by atoms with van der Waals surface area (Å²) in [6.07, 6.45) is -3.34. The third kappa shape index (κ3) is 6.33. The molecule has 0 bridgehead atoms. The largest absolute Gasteiger partial charge is 0.489 e. The fraction of sp³-hybridized carbons (Fsp3) is 0.150. The van der Waals surface area contributed by atoms with Gasteiger partial charge in [0.15, 0.2) is 5.76 Å². The van der Waals surface area contributed by atoms with Gasteiger partial charge >= 0.3 is 6.18 Å². The monoisotopic (exact) mass is 454 g/mol.